The zero-order valence-electron chi connectivity index (χ0n) is 21.8. The van der Waals surface area contributed by atoms with Crippen LogP contribution >= 0.6 is 0 Å². The molecule has 0 aromatic heterocycles. The molecule has 0 saturated heterocycles. The van der Waals surface area contributed by atoms with Crippen LogP contribution in [0.25, 0.3) is 0 Å². The number of aliphatic hydroxyl groups is 1. The minimum absolute atomic E-state index is 0.0177. The van der Waals surface area contributed by atoms with Crippen LogP contribution in [-0.4, -0.2) is 51.8 Å². The lowest BCUT2D eigenvalue weighted by atomic mass is 9.98. The zero-order chi connectivity index (χ0) is 26.2. The summed E-state index contributed by atoms with van der Waals surface area (Å²) >= 11 is 0. The molecule has 2 aromatic carbocycles. The Bertz CT molecular complexity index is 1000. The van der Waals surface area contributed by atoms with E-state index >= 15 is 0 Å². The molecular formula is C29H40N2O5. The van der Waals surface area contributed by atoms with Gasteiger partial charge < -0.3 is 25.2 Å². The molecule has 1 aliphatic rings. The number of aliphatic carboxylic acids is 1. The second-order valence-corrected chi connectivity index (χ2v) is 10.3. The van der Waals surface area contributed by atoms with Gasteiger partial charge in [0, 0.05) is 18.2 Å². The maximum atomic E-state index is 13.5. The fraction of sp³-hybridized carbons (Fsp3) is 0.517. The Kier molecular flexibility index (Phi) is 9.76. The topological polar surface area (TPSA) is 99.1 Å². The predicted molar refractivity (Wildman–Crippen MR) is 141 cm³/mol. The molecule has 0 bridgehead atoms. The third-order valence-electron chi connectivity index (χ3n) is 6.66. The molecule has 0 unspecified atom stereocenters. The van der Waals surface area contributed by atoms with E-state index in [4.69, 9.17) is 4.74 Å². The molecule has 3 N–H and O–H groups in total. The lowest BCUT2D eigenvalue weighted by molar-refractivity contribution is -0.147. The Morgan fingerprint density at radius 1 is 1.03 bits per heavy atom. The fourth-order valence-electron chi connectivity index (χ4n) is 4.73. The highest BCUT2D eigenvalue weighted by molar-refractivity contribution is 5.83. The predicted octanol–water partition coefficient (Wildman–Crippen LogP) is 5.04. The molecule has 36 heavy (non-hydrogen) atoms. The van der Waals surface area contributed by atoms with Crippen LogP contribution in [0, 0.1) is 5.92 Å². The van der Waals surface area contributed by atoms with E-state index in [2.05, 4.69) is 31.3 Å². The van der Waals surface area contributed by atoms with Crippen molar-refractivity contribution < 1.29 is 24.5 Å². The standard InChI is InChI=1S/C29H40N2O5/c1-19(2)22-8-12-24(13-9-22)30-26-14-10-23(11-15-27(26)32)29(35)31(18-28(33)34)17-21-6-5-7-25(16-21)36-20(3)4/h5-9,12-13,16,19-20,23,26-27,30,32H,10-11,14-15,17-18H2,1-4H3,(H,33,34)/t23-,26+,27+/m1/s1. The van der Waals surface area contributed by atoms with Crippen LogP contribution in [0.3, 0.4) is 0 Å². The van der Waals surface area contributed by atoms with Gasteiger partial charge in [-0.2, -0.15) is 0 Å². The number of aliphatic hydroxyl groups excluding tert-OH is 1. The van der Waals surface area contributed by atoms with E-state index in [1.54, 1.807) is 0 Å². The summed E-state index contributed by atoms with van der Waals surface area (Å²) in [6.07, 6.45) is 1.66. The maximum absolute atomic E-state index is 13.5. The van der Waals surface area contributed by atoms with E-state index < -0.39 is 12.1 Å². The first-order valence-electron chi connectivity index (χ1n) is 12.9. The number of nitrogens with one attached hydrogen (secondary N) is 1. The van der Waals surface area contributed by atoms with Crippen LogP contribution in [0.4, 0.5) is 5.69 Å². The minimum atomic E-state index is -1.05. The highest BCUT2D eigenvalue weighted by Crippen LogP contribution is 2.29. The van der Waals surface area contributed by atoms with Crippen molar-refractivity contribution in [2.45, 2.75) is 84.1 Å². The molecule has 2 aromatic rings. The van der Waals surface area contributed by atoms with E-state index in [0.29, 0.717) is 37.4 Å². The molecule has 0 spiro atoms. The van der Waals surface area contributed by atoms with Crippen LogP contribution in [0.5, 0.6) is 5.75 Å². The van der Waals surface area contributed by atoms with E-state index in [0.717, 1.165) is 11.3 Å². The monoisotopic (exact) mass is 496 g/mol. The summed E-state index contributed by atoms with van der Waals surface area (Å²) in [7, 11) is 0. The first-order chi connectivity index (χ1) is 17.1. The average molecular weight is 497 g/mol. The number of carbonyl (C=O) groups excluding carboxylic acids is 1. The largest absolute Gasteiger partial charge is 0.491 e. The highest BCUT2D eigenvalue weighted by atomic mass is 16.5. The number of carbonyl (C=O) groups is 2. The Morgan fingerprint density at radius 2 is 1.72 bits per heavy atom. The van der Waals surface area contributed by atoms with Gasteiger partial charge >= 0.3 is 5.97 Å². The molecule has 1 amide bonds. The Balaban J connectivity index is 1.66. The van der Waals surface area contributed by atoms with Crippen molar-refractivity contribution in [3.05, 3.63) is 59.7 Å². The van der Waals surface area contributed by atoms with Crippen molar-refractivity contribution in [3.8, 4) is 5.75 Å². The molecular weight excluding hydrogens is 456 g/mol. The molecule has 196 valence electrons. The number of anilines is 1. The number of carboxylic acid groups (broad SMARTS) is 1. The maximum Gasteiger partial charge on any atom is 0.323 e. The number of amides is 1. The average Bonchev–Trinajstić information content (AvgIpc) is 2.99. The Hall–Kier alpha value is -3.06. The van der Waals surface area contributed by atoms with Crippen molar-refractivity contribution >= 4 is 17.6 Å². The first-order valence-corrected chi connectivity index (χ1v) is 12.9. The number of hydrogen-bond acceptors (Lipinski definition) is 5. The quantitative estimate of drug-likeness (QED) is 0.399. The third-order valence-corrected chi connectivity index (χ3v) is 6.66. The van der Waals surface area contributed by atoms with Crippen molar-refractivity contribution in [1.29, 1.82) is 0 Å². The van der Waals surface area contributed by atoms with Gasteiger partial charge in [-0.05, 0) is 80.8 Å². The van der Waals surface area contributed by atoms with Gasteiger partial charge in [-0.3, -0.25) is 9.59 Å². The second-order valence-electron chi connectivity index (χ2n) is 10.3. The van der Waals surface area contributed by atoms with E-state index in [-0.39, 0.29) is 37.1 Å². The SMILES string of the molecule is CC(C)Oc1cccc(CN(CC(=O)O)C(=O)[C@@H]2CC[C@H](Nc3ccc(C(C)C)cc3)[C@@H](O)CC2)c1. The summed E-state index contributed by atoms with van der Waals surface area (Å²) in [5.74, 6) is -0.409. The lowest BCUT2D eigenvalue weighted by Gasteiger charge is -2.26. The number of ether oxygens (including phenoxy) is 1. The van der Waals surface area contributed by atoms with Crippen molar-refractivity contribution in [2.24, 2.45) is 5.92 Å². The Morgan fingerprint density at radius 3 is 2.36 bits per heavy atom. The molecule has 1 saturated carbocycles. The number of nitrogens with zero attached hydrogens (tertiary/aromatic N) is 1. The summed E-state index contributed by atoms with van der Waals surface area (Å²) in [5, 5.41) is 23.7. The normalized spacial score (nSPS) is 20.1. The van der Waals surface area contributed by atoms with Gasteiger partial charge in [-0.1, -0.05) is 38.1 Å². The molecule has 3 atom stereocenters. The van der Waals surface area contributed by atoms with E-state index in [1.807, 2.05) is 50.2 Å². The van der Waals surface area contributed by atoms with Gasteiger partial charge in [-0.25, -0.2) is 0 Å². The smallest absolute Gasteiger partial charge is 0.323 e. The van der Waals surface area contributed by atoms with Crippen molar-refractivity contribution in [1.82, 2.24) is 4.90 Å². The summed E-state index contributed by atoms with van der Waals surface area (Å²) in [5.41, 5.74) is 3.03. The van der Waals surface area contributed by atoms with Gasteiger partial charge in [0.05, 0.1) is 18.2 Å². The molecule has 0 heterocycles. The lowest BCUT2D eigenvalue weighted by Crippen LogP contribution is -2.39. The van der Waals surface area contributed by atoms with Gasteiger partial charge in [0.25, 0.3) is 0 Å². The van der Waals surface area contributed by atoms with Crippen LogP contribution in [0.2, 0.25) is 0 Å². The summed E-state index contributed by atoms with van der Waals surface area (Å²) < 4.78 is 5.75. The number of benzene rings is 2. The van der Waals surface area contributed by atoms with Crippen LogP contribution < -0.4 is 10.1 Å². The van der Waals surface area contributed by atoms with Gasteiger partial charge in [-0.15, -0.1) is 0 Å². The summed E-state index contributed by atoms with van der Waals surface area (Å²) in [6, 6.07) is 15.5. The fourth-order valence-corrected chi connectivity index (χ4v) is 4.73. The molecule has 3 rings (SSSR count). The molecule has 7 heteroatoms. The van der Waals surface area contributed by atoms with Crippen LogP contribution in [0.15, 0.2) is 48.5 Å². The van der Waals surface area contributed by atoms with E-state index in [9.17, 15) is 19.8 Å². The van der Waals surface area contributed by atoms with E-state index in [1.165, 1.54) is 10.5 Å². The molecule has 1 fully saturated rings. The molecule has 1 aliphatic carbocycles. The third kappa shape index (κ3) is 7.98. The van der Waals surface area contributed by atoms with Crippen molar-refractivity contribution in [3.63, 3.8) is 0 Å². The second kappa shape index (κ2) is 12.8. The molecule has 0 aliphatic heterocycles. The van der Waals surface area contributed by atoms with Gasteiger partial charge in [0.15, 0.2) is 0 Å². The first kappa shape index (κ1) is 27.5. The number of carboxylic acids is 1. The Labute approximate surface area is 214 Å². The van der Waals surface area contributed by atoms with Gasteiger partial charge in [0.1, 0.15) is 12.3 Å². The zero-order valence-corrected chi connectivity index (χ0v) is 21.8. The van der Waals surface area contributed by atoms with Gasteiger partial charge in [0.2, 0.25) is 5.91 Å². The molecule has 7 nitrogen and oxygen atoms in total. The van der Waals surface area contributed by atoms with Crippen LogP contribution in [0.1, 0.15) is 70.4 Å². The van der Waals surface area contributed by atoms with Crippen LogP contribution in [-0.2, 0) is 16.1 Å². The summed E-state index contributed by atoms with van der Waals surface area (Å²) in [6.45, 7) is 8.02. The minimum Gasteiger partial charge on any atom is -0.491 e. The summed E-state index contributed by atoms with van der Waals surface area (Å²) in [4.78, 5) is 26.4. The number of rotatable bonds is 10. The highest BCUT2D eigenvalue weighted by Gasteiger charge is 2.32. The molecule has 0 radical (unpaired) electrons. The van der Waals surface area contributed by atoms with Crippen molar-refractivity contribution in [2.75, 3.05) is 11.9 Å². The number of hydrogen-bond donors (Lipinski definition) is 3.